The Labute approximate surface area is 162 Å². The lowest BCUT2D eigenvalue weighted by Crippen LogP contribution is -2.40. The van der Waals surface area contributed by atoms with Crippen molar-refractivity contribution in [1.82, 2.24) is 10.2 Å². The Balaban J connectivity index is 1.55. The summed E-state index contributed by atoms with van der Waals surface area (Å²) < 4.78 is 44.8. The summed E-state index contributed by atoms with van der Waals surface area (Å²) in [7, 11) is -4.08. The van der Waals surface area contributed by atoms with Crippen LogP contribution in [0.5, 0.6) is 11.5 Å². The van der Waals surface area contributed by atoms with Crippen molar-refractivity contribution >= 4 is 21.7 Å². The fourth-order valence-electron chi connectivity index (χ4n) is 3.49. The number of carbonyl (C=O) groups excluding carboxylic acids is 1. The molecule has 1 aromatic carbocycles. The number of hydrogen-bond donors (Lipinski definition) is 2. The standard InChI is InChI=1S/C18H21N3O6S/c1-2-25-17(22)13-11-19-20-16(13)28(23,24)21-12-6-7-14-15(10-12)27-18(26-14)8-4-3-5-9-18/h6-7,10-11,21H,2-5,8-9H2,1H3,(H,19,20). The maximum absolute atomic E-state index is 12.7. The van der Waals surface area contributed by atoms with Gasteiger partial charge in [0.25, 0.3) is 15.8 Å². The zero-order valence-electron chi connectivity index (χ0n) is 15.4. The van der Waals surface area contributed by atoms with Gasteiger partial charge < -0.3 is 14.2 Å². The van der Waals surface area contributed by atoms with Gasteiger partial charge in [-0.1, -0.05) is 6.42 Å². The van der Waals surface area contributed by atoms with Crippen molar-refractivity contribution in [3.8, 4) is 11.5 Å². The normalized spacial score (nSPS) is 17.5. The molecule has 1 aromatic heterocycles. The molecular weight excluding hydrogens is 386 g/mol. The summed E-state index contributed by atoms with van der Waals surface area (Å²) in [6, 6.07) is 4.84. The predicted molar refractivity (Wildman–Crippen MR) is 98.9 cm³/mol. The van der Waals surface area contributed by atoms with Crippen LogP contribution in [0.1, 0.15) is 49.4 Å². The Bertz CT molecular complexity index is 994. The zero-order valence-corrected chi connectivity index (χ0v) is 16.2. The fraction of sp³-hybridized carbons (Fsp3) is 0.444. The lowest BCUT2D eigenvalue weighted by Gasteiger charge is -2.31. The average Bonchev–Trinajstić information content (AvgIpc) is 3.27. The van der Waals surface area contributed by atoms with Gasteiger partial charge in [0.2, 0.25) is 0 Å². The highest BCUT2D eigenvalue weighted by molar-refractivity contribution is 7.92. The SMILES string of the molecule is CCOC(=O)c1cn[nH]c1S(=O)(=O)Nc1ccc2c(c1)OC1(CCCCC1)O2. The quantitative estimate of drug-likeness (QED) is 0.731. The van der Waals surface area contributed by atoms with Gasteiger partial charge in [0.1, 0.15) is 5.56 Å². The van der Waals surface area contributed by atoms with Crippen molar-refractivity contribution in [2.45, 2.75) is 49.8 Å². The molecule has 10 heteroatoms. The Morgan fingerprint density at radius 2 is 2.00 bits per heavy atom. The first kappa shape index (κ1) is 18.6. The van der Waals surface area contributed by atoms with Gasteiger partial charge in [0.15, 0.2) is 16.5 Å². The third-order valence-electron chi connectivity index (χ3n) is 4.77. The lowest BCUT2D eigenvalue weighted by molar-refractivity contribution is -0.105. The number of ether oxygens (including phenoxy) is 3. The topological polar surface area (TPSA) is 120 Å². The number of benzene rings is 1. The fourth-order valence-corrected chi connectivity index (χ4v) is 4.63. The van der Waals surface area contributed by atoms with E-state index in [-0.39, 0.29) is 17.2 Å². The molecule has 0 saturated heterocycles. The second-order valence-corrected chi connectivity index (χ2v) is 8.39. The minimum atomic E-state index is -4.08. The molecule has 150 valence electrons. The van der Waals surface area contributed by atoms with E-state index in [4.69, 9.17) is 14.2 Å². The van der Waals surface area contributed by atoms with Crippen molar-refractivity contribution in [3.63, 3.8) is 0 Å². The maximum Gasteiger partial charge on any atom is 0.342 e. The monoisotopic (exact) mass is 407 g/mol. The summed E-state index contributed by atoms with van der Waals surface area (Å²) in [6.07, 6.45) is 5.95. The van der Waals surface area contributed by atoms with E-state index in [0.717, 1.165) is 38.3 Å². The number of fused-ring (bicyclic) bond motifs is 1. The van der Waals surface area contributed by atoms with E-state index in [0.29, 0.717) is 17.2 Å². The highest BCUT2D eigenvalue weighted by atomic mass is 32.2. The second kappa shape index (κ2) is 7.01. The summed E-state index contributed by atoms with van der Waals surface area (Å²) in [5, 5.41) is 5.65. The number of nitrogens with zero attached hydrogens (tertiary/aromatic N) is 1. The van der Waals surface area contributed by atoms with Crippen molar-refractivity contribution in [1.29, 1.82) is 0 Å². The molecule has 28 heavy (non-hydrogen) atoms. The highest BCUT2D eigenvalue weighted by Crippen LogP contribution is 2.46. The van der Waals surface area contributed by atoms with Crippen LogP contribution in [0.2, 0.25) is 0 Å². The number of rotatable bonds is 5. The molecule has 0 bridgehead atoms. The number of H-pyrrole nitrogens is 1. The molecule has 1 spiro atoms. The van der Waals surface area contributed by atoms with Crippen LogP contribution in [-0.4, -0.2) is 37.0 Å². The summed E-state index contributed by atoms with van der Waals surface area (Å²) in [5.41, 5.74) is 0.135. The van der Waals surface area contributed by atoms with E-state index in [9.17, 15) is 13.2 Å². The highest BCUT2D eigenvalue weighted by Gasteiger charge is 2.42. The molecule has 1 aliphatic heterocycles. The van der Waals surface area contributed by atoms with Gasteiger partial charge in [-0.15, -0.1) is 0 Å². The van der Waals surface area contributed by atoms with Gasteiger partial charge in [-0.05, 0) is 31.9 Å². The van der Waals surface area contributed by atoms with Crippen LogP contribution >= 0.6 is 0 Å². The van der Waals surface area contributed by atoms with E-state index in [1.807, 2.05) is 0 Å². The Kier molecular flexibility index (Phi) is 4.66. The largest absolute Gasteiger partial charge is 0.462 e. The maximum atomic E-state index is 12.7. The van der Waals surface area contributed by atoms with Gasteiger partial charge in [0, 0.05) is 18.9 Å². The van der Waals surface area contributed by atoms with Gasteiger partial charge in [-0.3, -0.25) is 9.82 Å². The number of aromatic nitrogens is 2. The minimum Gasteiger partial charge on any atom is -0.462 e. The summed E-state index contributed by atoms with van der Waals surface area (Å²) in [4.78, 5) is 11.9. The van der Waals surface area contributed by atoms with E-state index in [1.54, 1.807) is 25.1 Å². The van der Waals surface area contributed by atoms with Crippen LogP contribution < -0.4 is 14.2 Å². The van der Waals surface area contributed by atoms with Crippen LogP contribution in [-0.2, 0) is 14.8 Å². The molecule has 2 N–H and O–H groups in total. The Morgan fingerprint density at radius 3 is 2.75 bits per heavy atom. The second-order valence-electron chi connectivity index (χ2n) is 6.78. The molecule has 4 rings (SSSR count). The first-order valence-corrected chi connectivity index (χ1v) is 10.7. The molecule has 9 nitrogen and oxygen atoms in total. The van der Waals surface area contributed by atoms with Crippen molar-refractivity contribution in [3.05, 3.63) is 30.0 Å². The van der Waals surface area contributed by atoms with E-state index < -0.39 is 21.8 Å². The van der Waals surface area contributed by atoms with Gasteiger partial charge in [-0.25, -0.2) is 4.79 Å². The third-order valence-corrected chi connectivity index (χ3v) is 6.12. The summed E-state index contributed by atoms with van der Waals surface area (Å²) >= 11 is 0. The molecule has 2 aliphatic rings. The van der Waals surface area contributed by atoms with Gasteiger partial charge in [-0.2, -0.15) is 13.5 Å². The van der Waals surface area contributed by atoms with Crippen LogP contribution in [0.3, 0.4) is 0 Å². The molecule has 0 unspecified atom stereocenters. The summed E-state index contributed by atoms with van der Waals surface area (Å²) in [6.45, 7) is 1.76. The average molecular weight is 407 g/mol. The predicted octanol–water partition coefficient (Wildman–Crippen LogP) is 2.82. The first-order valence-electron chi connectivity index (χ1n) is 9.18. The first-order chi connectivity index (χ1) is 13.4. The number of esters is 1. The number of hydrogen-bond acceptors (Lipinski definition) is 7. The third kappa shape index (κ3) is 3.39. The number of carbonyl (C=O) groups is 1. The molecule has 0 radical (unpaired) electrons. The van der Waals surface area contributed by atoms with Crippen molar-refractivity contribution < 1.29 is 27.4 Å². The lowest BCUT2D eigenvalue weighted by atomic mass is 9.94. The molecule has 1 saturated carbocycles. The Morgan fingerprint density at radius 1 is 1.25 bits per heavy atom. The zero-order chi connectivity index (χ0) is 19.8. The smallest absolute Gasteiger partial charge is 0.342 e. The number of aromatic amines is 1. The van der Waals surface area contributed by atoms with Gasteiger partial charge in [0.05, 0.1) is 18.5 Å². The molecule has 1 aliphatic carbocycles. The number of anilines is 1. The van der Waals surface area contributed by atoms with Crippen LogP contribution in [0.4, 0.5) is 5.69 Å². The molecule has 0 atom stereocenters. The van der Waals surface area contributed by atoms with Crippen LogP contribution in [0.25, 0.3) is 0 Å². The van der Waals surface area contributed by atoms with Crippen LogP contribution in [0.15, 0.2) is 29.4 Å². The summed E-state index contributed by atoms with van der Waals surface area (Å²) in [5.74, 6) is -0.309. The molecule has 2 heterocycles. The van der Waals surface area contributed by atoms with Crippen molar-refractivity contribution in [2.24, 2.45) is 0 Å². The molecular formula is C18H21N3O6S. The van der Waals surface area contributed by atoms with Gasteiger partial charge >= 0.3 is 5.97 Å². The molecule has 1 fully saturated rings. The minimum absolute atomic E-state index is 0.126. The molecule has 2 aromatic rings. The number of nitrogens with one attached hydrogen (secondary N) is 2. The molecule has 0 amide bonds. The van der Waals surface area contributed by atoms with Crippen molar-refractivity contribution in [2.75, 3.05) is 11.3 Å². The van der Waals surface area contributed by atoms with Crippen LogP contribution in [0, 0.1) is 0 Å². The van der Waals surface area contributed by atoms with E-state index in [1.165, 1.54) is 0 Å². The van der Waals surface area contributed by atoms with E-state index >= 15 is 0 Å². The Hall–Kier alpha value is -2.75. The van der Waals surface area contributed by atoms with E-state index in [2.05, 4.69) is 14.9 Å². The number of sulfonamides is 1.